The van der Waals surface area contributed by atoms with Crippen LogP contribution in [0.3, 0.4) is 0 Å². The summed E-state index contributed by atoms with van der Waals surface area (Å²) >= 11 is 0. The lowest BCUT2D eigenvalue weighted by atomic mass is 10.2. The van der Waals surface area contributed by atoms with E-state index in [1.807, 2.05) is 0 Å². The number of benzene rings is 1. The van der Waals surface area contributed by atoms with Crippen LogP contribution in [0.15, 0.2) is 24.3 Å². The summed E-state index contributed by atoms with van der Waals surface area (Å²) in [7, 11) is 1.77. The van der Waals surface area contributed by atoms with Gasteiger partial charge in [0, 0.05) is 20.0 Å². The van der Waals surface area contributed by atoms with Crippen LogP contribution >= 0.6 is 0 Å². The minimum absolute atomic E-state index is 0.254. The van der Waals surface area contributed by atoms with Gasteiger partial charge in [-0.1, -0.05) is 12.1 Å². The third kappa shape index (κ3) is 2.54. The molecule has 70 valence electrons. The molecule has 0 aliphatic heterocycles. The van der Waals surface area contributed by atoms with Crippen LogP contribution in [-0.2, 0) is 4.79 Å². The molecule has 0 aliphatic carbocycles. The van der Waals surface area contributed by atoms with Crippen molar-refractivity contribution < 1.29 is 9.18 Å². The average Bonchev–Trinajstić information content (AvgIpc) is 2.15. The third-order valence-electron chi connectivity index (χ3n) is 1.85. The lowest BCUT2D eigenvalue weighted by Gasteiger charge is -2.18. The highest BCUT2D eigenvalue weighted by Crippen LogP contribution is 2.16. The van der Waals surface area contributed by atoms with E-state index in [0.717, 1.165) is 6.29 Å². The van der Waals surface area contributed by atoms with E-state index in [1.165, 1.54) is 6.07 Å². The molecule has 0 aliphatic rings. The predicted octanol–water partition coefficient (Wildman–Crippen LogP) is 1.85. The second-order valence-electron chi connectivity index (χ2n) is 2.83. The molecule has 0 saturated heterocycles. The lowest BCUT2D eigenvalue weighted by Crippen LogP contribution is -2.19. The molecule has 0 atom stereocenters. The molecular formula is C10H12FNO. The number of hydrogen-bond acceptors (Lipinski definition) is 2. The molecule has 0 amide bonds. The summed E-state index contributed by atoms with van der Waals surface area (Å²) in [4.78, 5) is 11.8. The van der Waals surface area contributed by atoms with E-state index in [9.17, 15) is 9.18 Å². The van der Waals surface area contributed by atoms with Crippen LogP contribution in [0.1, 0.15) is 6.42 Å². The number of anilines is 1. The van der Waals surface area contributed by atoms with Gasteiger partial charge in [-0.2, -0.15) is 0 Å². The normalized spacial score (nSPS) is 9.69. The highest BCUT2D eigenvalue weighted by molar-refractivity contribution is 5.53. The van der Waals surface area contributed by atoms with E-state index >= 15 is 0 Å². The predicted molar refractivity (Wildman–Crippen MR) is 50.4 cm³/mol. The minimum atomic E-state index is -0.254. The first kappa shape index (κ1) is 9.71. The van der Waals surface area contributed by atoms with Gasteiger partial charge in [-0.05, 0) is 12.1 Å². The van der Waals surface area contributed by atoms with Crippen LogP contribution in [0.25, 0.3) is 0 Å². The summed E-state index contributed by atoms with van der Waals surface area (Å²) in [6, 6.07) is 6.52. The molecule has 0 aromatic heterocycles. The first-order valence-electron chi connectivity index (χ1n) is 4.15. The Morgan fingerprint density at radius 2 is 2.15 bits per heavy atom. The van der Waals surface area contributed by atoms with E-state index in [2.05, 4.69) is 0 Å². The summed E-state index contributed by atoms with van der Waals surface area (Å²) in [6.45, 7) is 0.546. The van der Waals surface area contributed by atoms with Crippen molar-refractivity contribution in [2.45, 2.75) is 6.42 Å². The summed E-state index contributed by atoms with van der Waals surface area (Å²) < 4.78 is 13.1. The van der Waals surface area contributed by atoms with Gasteiger partial charge in [-0.15, -0.1) is 0 Å². The molecule has 2 nitrogen and oxygen atoms in total. The Kier molecular flexibility index (Phi) is 3.43. The smallest absolute Gasteiger partial charge is 0.146 e. The first-order chi connectivity index (χ1) is 6.25. The molecule has 0 saturated carbocycles. The zero-order chi connectivity index (χ0) is 9.68. The SMILES string of the molecule is CN(CCC=O)c1ccccc1F. The van der Waals surface area contributed by atoms with E-state index < -0.39 is 0 Å². The topological polar surface area (TPSA) is 20.3 Å². The molecule has 1 aromatic carbocycles. The van der Waals surface area contributed by atoms with Gasteiger partial charge in [0.2, 0.25) is 0 Å². The monoisotopic (exact) mass is 181 g/mol. The van der Waals surface area contributed by atoms with E-state index in [0.29, 0.717) is 18.7 Å². The molecule has 0 heterocycles. The zero-order valence-electron chi connectivity index (χ0n) is 7.53. The molecule has 1 aromatic rings. The third-order valence-corrected chi connectivity index (χ3v) is 1.85. The first-order valence-corrected chi connectivity index (χ1v) is 4.15. The number of aldehydes is 1. The van der Waals surface area contributed by atoms with Gasteiger partial charge in [0.1, 0.15) is 12.1 Å². The second kappa shape index (κ2) is 4.60. The van der Waals surface area contributed by atoms with Crippen LogP contribution in [0.2, 0.25) is 0 Å². The Morgan fingerprint density at radius 1 is 1.46 bits per heavy atom. The molecule has 13 heavy (non-hydrogen) atoms. The lowest BCUT2D eigenvalue weighted by molar-refractivity contribution is -0.107. The fourth-order valence-corrected chi connectivity index (χ4v) is 1.13. The molecule has 0 fully saturated rings. The van der Waals surface area contributed by atoms with Crippen molar-refractivity contribution in [2.24, 2.45) is 0 Å². The van der Waals surface area contributed by atoms with Gasteiger partial charge >= 0.3 is 0 Å². The number of halogens is 1. The van der Waals surface area contributed by atoms with Crippen LogP contribution in [0.5, 0.6) is 0 Å². The van der Waals surface area contributed by atoms with Crippen molar-refractivity contribution in [1.29, 1.82) is 0 Å². The number of carbonyl (C=O) groups is 1. The highest BCUT2D eigenvalue weighted by Gasteiger charge is 2.04. The summed E-state index contributed by atoms with van der Waals surface area (Å²) in [5.74, 6) is -0.254. The summed E-state index contributed by atoms with van der Waals surface area (Å²) in [6.07, 6.45) is 1.25. The standard InChI is InChI=1S/C10H12FNO/c1-12(7-4-8-13)10-6-3-2-5-9(10)11/h2-3,5-6,8H,4,7H2,1H3. The maximum atomic E-state index is 13.1. The number of rotatable bonds is 4. The van der Waals surface area contributed by atoms with Crippen LogP contribution in [0, 0.1) is 5.82 Å². The molecule has 0 radical (unpaired) electrons. The fourth-order valence-electron chi connectivity index (χ4n) is 1.13. The van der Waals surface area contributed by atoms with E-state index in [4.69, 9.17) is 0 Å². The van der Waals surface area contributed by atoms with Gasteiger partial charge in [-0.3, -0.25) is 0 Å². The van der Waals surface area contributed by atoms with Crippen molar-refractivity contribution >= 4 is 12.0 Å². The zero-order valence-corrected chi connectivity index (χ0v) is 7.53. The van der Waals surface area contributed by atoms with E-state index in [1.54, 1.807) is 30.1 Å². The van der Waals surface area contributed by atoms with Crippen molar-refractivity contribution in [2.75, 3.05) is 18.5 Å². The van der Waals surface area contributed by atoms with Crippen LogP contribution in [0.4, 0.5) is 10.1 Å². The van der Waals surface area contributed by atoms with Gasteiger partial charge in [0.25, 0.3) is 0 Å². The number of hydrogen-bond donors (Lipinski definition) is 0. The largest absolute Gasteiger partial charge is 0.372 e. The van der Waals surface area contributed by atoms with Crippen molar-refractivity contribution in [1.82, 2.24) is 0 Å². The Morgan fingerprint density at radius 3 is 2.77 bits per heavy atom. The molecule has 0 N–H and O–H groups in total. The Bertz CT molecular complexity index is 288. The van der Waals surface area contributed by atoms with Gasteiger partial charge in [0.15, 0.2) is 0 Å². The molecule has 0 unspecified atom stereocenters. The van der Waals surface area contributed by atoms with Gasteiger partial charge in [-0.25, -0.2) is 4.39 Å². The quantitative estimate of drug-likeness (QED) is 0.661. The van der Waals surface area contributed by atoms with Gasteiger partial charge < -0.3 is 9.69 Å². The highest BCUT2D eigenvalue weighted by atomic mass is 19.1. The van der Waals surface area contributed by atoms with Gasteiger partial charge in [0.05, 0.1) is 5.69 Å². The average molecular weight is 181 g/mol. The summed E-state index contributed by atoms with van der Waals surface area (Å²) in [5.41, 5.74) is 0.532. The molecule has 0 bridgehead atoms. The number of carbonyl (C=O) groups excluding carboxylic acids is 1. The van der Waals surface area contributed by atoms with Crippen molar-refractivity contribution in [3.63, 3.8) is 0 Å². The maximum absolute atomic E-state index is 13.1. The molecule has 3 heteroatoms. The fraction of sp³-hybridized carbons (Fsp3) is 0.300. The van der Waals surface area contributed by atoms with Crippen molar-refractivity contribution in [3.05, 3.63) is 30.1 Å². The number of nitrogens with zero attached hydrogens (tertiary/aromatic N) is 1. The van der Waals surface area contributed by atoms with E-state index in [-0.39, 0.29) is 5.82 Å². The Labute approximate surface area is 77.0 Å². The van der Waals surface area contributed by atoms with Crippen molar-refractivity contribution in [3.8, 4) is 0 Å². The summed E-state index contributed by atoms with van der Waals surface area (Å²) in [5, 5.41) is 0. The molecular weight excluding hydrogens is 169 g/mol. The Balaban J connectivity index is 2.70. The number of para-hydroxylation sites is 1. The maximum Gasteiger partial charge on any atom is 0.146 e. The molecule has 1 rings (SSSR count). The Hall–Kier alpha value is -1.38. The van der Waals surface area contributed by atoms with Crippen LogP contribution in [-0.4, -0.2) is 19.9 Å². The second-order valence-corrected chi connectivity index (χ2v) is 2.83. The van der Waals surface area contributed by atoms with Crippen LogP contribution < -0.4 is 4.90 Å². The molecule has 0 spiro atoms. The minimum Gasteiger partial charge on any atom is -0.372 e.